The molecule has 0 saturated carbocycles. The van der Waals surface area contributed by atoms with Crippen molar-refractivity contribution >= 4 is 5.97 Å². The van der Waals surface area contributed by atoms with E-state index in [0.29, 0.717) is 0 Å². The SMILES string of the molecule is C=C1C(=O)OC(C)(C)OC1O. The molecule has 1 aliphatic rings. The van der Waals surface area contributed by atoms with Crippen molar-refractivity contribution in [3.8, 4) is 0 Å². The molecule has 0 aliphatic carbocycles. The summed E-state index contributed by atoms with van der Waals surface area (Å²) in [6.07, 6.45) is -1.24. The summed E-state index contributed by atoms with van der Waals surface area (Å²) in [7, 11) is 0. The Morgan fingerprint density at radius 1 is 1.64 bits per heavy atom. The molecule has 1 heterocycles. The van der Waals surface area contributed by atoms with Crippen molar-refractivity contribution in [2.75, 3.05) is 0 Å². The lowest BCUT2D eigenvalue weighted by molar-refractivity contribution is -0.279. The zero-order chi connectivity index (χ0) is 8.65. The molecule has 0 amide bonds. The van der Waals surface area contributed by atoms with Crippen LogP contribution in [0.2, 0.25) is 0 Å². The molecule has 0 aromatic heterocycles. The Labute approximate surface area is 64.4 Å². The van der Waals surface area contributed by atoms with Crippen molar-refractivity contribution < 1.29 is 19.4 Å². The van der Waals surface area contributed by atoms with Crippen LogP contribution in [0.3, 0.4) is 0 Å². The van der Waals surface area contributed by atoms with Gasteiger partial charge in [0.2, 0.25) is 5.79 Å². The van der Waals surface area contributed by atoms with Gasteiger partial charge < -0.3 is 14.6 Å². The molecule has 1 N–H and O–H groups in total. The highest BCUT2D eigenvalue weighted by Crippen LogP contribution is 2.23. The van der Waals surface area contributed by atoms with Crippen LogP contribution < -0.4 is 0 Å². The summed E-state index contributed by atoms with van der Waals surface area (Å²) in [5.74, 6) is -1.67. The van der Waals surface area contributed by atoms with Gasteiger partial charge >= 0.3 is 5.97 Å². The van der Waals surface area contributed by atoms with Crippen LogP contribution in [0.5, 0.6) is 0 Å². The topological polar surface area (TPSA) is 55.8 Å². The Hall–Kier alpha value is -0.870. The van der Waals surface area contributed by atoms with Crippen LogP contribution >= 0.6 is 0 Å². The average molecular weight is 158 g/mol. The van der Waals surface area contributed by atoms with Crippen LogP contribution in [0, 0.1) is 0 Å². The number of ether oxygens (including phenoxy) is 2. The molecule has 1 aliphatic heterocycles. The van der Waals surface area contributed by atoms with Gasteiger partial charge in [-0.15, -0.1) is 0 Å². The Balaban J connectivity index is 2.78. The zero-order valence-corrected chi connectivity index (χ0v) is 6.46. The fourth-order valence-corrected chi connectivity index (χ4v) is 0.754. The highest BCUT2D eigenvalue weighted by Gasteiger charge is 2.36. The van der Waals surface area contributed by atoms with Gasteiger partial charge in [-0.05, 0) is 0 Å². The number of carbonyl (C=O) groups is 1. The van der Waals surface area contributed by atoms with Gasteiger partial charge in [0.15, 0.2) is 6.29 Å². The van der Waals surface area contributed by atoms with E-state index in [2.05, 4.69) is 6.58 Å². The van der Waals surface area contributed by atoms with Gasteiger partial charge in [0, 0.05) is 13.8 Å². The summed E-state index contributed by atoms with van der Waals surface area (Å²) in [5, 5.41) is 9.06. The van der Waals surface area contributed by atoms with E-state index in [1.807, 2.05) is 0 Å². The van der Waals surface area contributed by atoms with Gasteiger partial charge in [0.25, 0.3) is 0 Å². The number of carbonyl (C=O) groups excluding carboxylic acids is 1. The molecule has 1 fully saturated rings. The molecule has 1 unspecified atom stereocenters. The third-order valence-corrected chi connectivity index (χ3v) is 1.29. The lowest BCUT2D eigenvalue weighted by atomic mass is 10.2. The standard InChI is InChI=1S/C7H10O4/c1-4-5(8)10-7(2,3)11-6(4)9/h5,8H,1H2,2-3H3. The third-order valence-electron chi connectivity index (χ3n) is 1.29. The molecule has 4 nitrogen and oxygen atoms in total. The second kappa shape index (κ2) is 2.32. The minimum absolute atomic E-state index is 0.0654. The average Bonchev–Trinajstić information content (AvgIpc) is 1.81. The van der Waals surface area contributed by atoms with E-state index < -0.39 is 18.0 Å². The Morgan fingerprint density at radius 3 is 2.64 bits per heavy atom. The van der Waals surface area contributed by atoms with E-state index in [1.54, 1.807) is 13.8 Å². The number of aliphatic hydroxyl groups excluding tert-OH is 1. The molecule has 4 heteroatoms. The molecular weight excluding hydrogens is 148 g/mol. The van der Waals surface area contributed by atoms with E-state index in [9.17, 15) is 4.79 Å². The molecular formula is C7H10O4. The molecule has 1 atom stereocenters. The van der Waals surface area contributed by atoms with E-state index in [1.165, 1.54) is 0 Å². The lowest BCUT2D eigenvalue weighted by Crippen LogP contribution is -2.43. The van der Waals surface area contributed by atoms with Crippen LogP contribution in [0.25, 0.3) is 0 Å². The molecule has 0 aromatic carbocycles. The van der Waals surface area contributed by atoms with Gasteiger partial charge in [0.05, 0.1) is 5.57 Å². The maximum atomic E-state index is 10.9. The molecule has 62 valence electrons. The summed E-state index contributed by atoms with van der Waals surface area (Å²) in [5.41, 5.74) is -0.0654. The highest BCUT2D eigenvalue weighted by molar-refractivity contribution is 5.89. The molecule has 0 aromatic rings. The first-order chi connectivity index (χ1) is 4.92. The van der Waals surface area contributed by atoms with Crippen LogP contribution in [0.4, 0.5) is 0 Å². The number of aliphatic hydroxyl groups is 1. The number of hydrogen-bond acceptors (Lipinski definition) is 4. The van der Waals surface area contributed by atoms with Crippen molar-refractivity contribution in [3.05, 3.63) is 12.2 Å². The summed E-state index contributed by atoms with van der Waals surface area (Å²) >= 11 is 0. The molecule has 11 heavy (non-hydrogen) atoms. The lowest BCUT2D eigenvalue weighted by Gasteiger charge is -2.33. The van der Waals surface area contributed by atoms with E-state index in [4.69, 9.17) is 14.6 Å². The monoisotopic (exact) mass is 158 g/mol. The van der Waals surface area contributed by atoms with Gasteiger partial charge in [-0.2, -0.15) is 0 Å². The fraction of sp³-hybridized carbons (Fsp3) is 0.571. The summed E-state index contributed by atoms with van der Waals surface area (Å²) in [4.78, 5) is 10.9. The molecule has 0 radical (unpaired) electrons. The van der Waals surface area contributed by atoms with Crippen molar-refractivity contribution in [1.29, 1.82) is 0 Å². The van der Waals surface area contributed by atoms with Crippen LogP contribution in [0.15, 0.2) is 12.2 Å². The normalized spacial score (nSPS) is 29.9. The van der Waals surface area contributed by atoms with Gasteiger partial charge in [0.1, 0.15) is 0 Å². The quantitative estimate of drug-likeness (QED) is 0.403. The first-order valence-corrected chi connectivity index (χ1v) is 3.20. The first kappa shape index (κ1) is 8.23. The minimum Gasteiger partial charge on any atom is -0.430 e. The zero-order valence-electron chi connectivity index (χ0n) is 6.46. The number of hydrogen-bond donors (Lipinski definition) is 1. The van der Waals surface area contributed by atoms with E-state index in [-0.39, 0.29) is 5.57 Å². The maximum Gasteiger partial charge on any atom is 0.341 e. The van der Waals surface area contributed by atoms with Crippen molar-refractivity contribution in [1.82, 2.24) is 0 Å². The predicted octanol–water partition coefficient (Wildman–Crippen LogP) is 0.170. The molecule has 1 rings (SSSR count). The Kier molecular flexibility index (Phi) is 1.74. The highest BCUT2D eigenvalue weighted by atomic mass is 16.8. The number of esters is 1. The summed E-state index contributed by atoms with van der Waals surface area (Å²) in [6, 6.07) is 0. The predicted molar refractivity (Wildman–Crippen MR) is 36.4 cm³/mol. The Bertz CT molecular complexity index is 206. The number of rotatable bonds is 0. The van der Waals surface area contributed by atoms with Crippen molar-refractivity contribution in [2.24, 2.45) is 0 Å². The second-order valence-electron chi connectivity index (χ2n) is 2.78. The van der Waals surface area contributed by atoms with E-state index in [0.717, 1.165) is 0 Å². The van der Waals surface area contributed by atoms with Crippen molar-refractivity contribution in [3.63, 3.8) is 0 Å². The van der Waals surface area contributed by atoms with Crippen molar-refractivity contribution in [2.45, 2.75) is 25.9 Å². The third kappa shape index (κ3) is 1.58. The summed E-state index contributed by atoms with van der Waals surface area (Å²) in [6.45, 7) is 6.38. The smallest absolute Gasteiger partial charge is 0.341 e. The van der Waals surface area contributed by atoms with Gasteiger partial charge in [-0.1, -0.05) is 6.58 Å². The molecule has 0 spiro atoms. The Morgan fingerprint density at radius 2 is 2.18 bits per heavy atom. The first-order valence-electron chi connectivity index (χ1n) is 3.20. The van der Waals surface area contributed by atoms with Crippen LogP contribution in [-0.4, -0.2) is 23.2 Å². The molecule has 1 saturated heterocycles. The minimum atomic E-state index is -1.24. The number of cyclic esters (lactones) is 1. The molecule has 0 bridgehead atoms. The fourth-order valence-electron chi connectivity index (χ4n) is 0.754. The summed E-state index contributed by atoms with van der Waals surface area (Å²) < 4.78 is 9.60. The van der Waals surface area contributed by atoms with E-state index >= 15 is 0 Å². The largest absolute Gasteiger partial charge is 0.430 e. The maximum absolute atomic E-state index is 10.9. The van der Waals surface area contributed by atoms with Gasteiger partial charge in [-0.25, -0.2) is 4.79 Å². The second-order valence-corrected chi connectivity index (χ2v) is 2.78. The van der Waals surface area contributed by atoms with Gasteiger partial charge in [-0.3, -0.25) is 0 Å². The van der Waals surface area contributed by atoms with Crippen LogP contribution in [0.1, 0.15) is 13.8 Å². The van der Waals surface area contributed by atoms with Crippen LogP contribution in [-0.2, 0) is 14.3 Å².